The van der Waals surface area contributed by atoms with Crippen molar-refractivity contribution in [3.05, 3.63) is 0 Å². The van der Waals surface area contributed by atoms with E-state index in [1.807, 2.05) is 6.92 Å². The van der Waals surface area contributed by atoms with Crippen LogP contribution in [0.2, 0.25) is 0 Å². The molecule has 0 spiro atoms. The molecular weight excluding hydrogens is 128 g/mol. The summed E-state index contributed by atoms with van der Waals surface area (Å²) in [6, 6.07) is 0.332. The Hall–Kier alpha value is -0.120. The minimum Gasteiger partial charge on any atom is -0.392 e. The smallest absolute Gasteiger partial charge is 0.0639 e. The number of likely N-dealkylation sites (tertiary alicyclic amines) is 1. The molecular formula is C7H16N2O. The summed E-state index contributed by atoms with van der Waals surface area (Å²) in [7, 11) is 0. The number of hydrogen-bond donors (Lipinski definition) is 2. The number of aliphatic hydroxyl groups is 1. The number of hydrogen-bond acceptors (Lipinski definition) is 3. The molecule has 0 amide bonds. The zero-order valence-electron chi connectivity index (χ0n) is 6.45. The average molecular weight is 144 g/mol. The molecule has 1 fully saturated rings. The lowest BCUT2D eigenvalue weighted by Gasteiger charge is -2.16. The van der Waals surface area contributed by atoms with Crippen LogP contribution in [-0.4, -0.2) is 41.8 Å². The third-order valence-corrected chi connectivity index (χ3v) is 1.83. The SMILES string of the molecule is CC(O)CN1CC[C@H](N)C1. The second-order valence-electron chi connectivity index (χ2n) is 3.16. The molecule has 1 saturated heterocycles. The molecule has 0 saturated carbocycles. The number of rotatable bonds is 2. The summed E-state index contributed by atoms with van der Waals surface area (Å²) in [6.07, 6.45) is 0.859. The van der Waals surface area contributed by atoms with Crippen LogP contribution in [0.15, 0.2) is 0 Å². The van der Waals surface area contributed by atoms with E-state index < -0.39 is 0 Å². The van der Waals surface area contributed by atoms with E-state index in [-0.39, 0.29) is 6.10 Å². The fraction of sp³-hybridized carbons (Fsp3) is 1.00. The molecule has 1 rings (SSSR count). The summed E-state index contributed by atoms with van der Waals surface area (Å²) in [6.45, 7) is 4.58. The molecule has 0 aromatic heterocycles. The largest absolute Gasteiger partial charge is 0.392 e. The minimum absolute atomic E-state index is 0.217. The van der Waals surface area contributed by atoms with Crippen LogP contribution in [0, 0.1) is 0 Å². The maximum atomic E-state index is 9.02. The van der Waals surface area contributed by atoms with E-state index in [9.17, 15) is 0 Å². The van der Waals surface area contributed by atoms with Crippen LogP contribution in [-0.2, 0) is 0 Å². The molecule has 1 unspecified atom stereocenters. The first-order valence-corrected chi connectivity index (χ1v) is 3.84. The van der Waals surface area contributed by atoms with E-state index in [1.54, 1.807) is 0 Å². The zero-order chi connectivity index (χ0) is 7.56. The van der Waals surface area contributed by atoms with Gasteiger partial charge in [0.05, 0.1) is 6.10 Å². The maximum Gasteiger partial charge on any atom is 0.0639 e. The molecule has 0 radical (unpaired) electrons. The monoisotopic (exact) mass is 144 g/mol. The van der Waals surface area contributed by atoms with E-state index in [2.05, 4.69) is 4.90 Å². The fourth-order valence-corrected chi connectivity index (χ4v) is 1.40. The number of nitrogens with two attached hydrogens (primary N) is 1. The van der Waals surface area contributed by atoms with Crippen molar-refractivity contribution in [3.8, 4) is 0 Å². The van der Waals surface area contributed by atoms with Crippen LogP contribution in [0.5, 0.6) is 0 Å². The van der Waals surface area contributed by atoms with E-state index in [0.29, 0.717) is 6.04 Å². The van der Waals surface area contributed by atoms with Gasteiger partial charge < -0.3 is 10.8 Å². The Morgan fingerprint density at radius 3 is 2.90 bits per heavy atom. The second-order valence-corrected chi connectivity index (χ2v) is 3.16. The Morgan fingerprint density at radius 1 is 1.80 bits per heavy atom. The third-order valence-electron chi connectivity index (χ3n) is 1.83. The van der Waals surface area contributed by atoms with Crippen molar-refractivity contribution in [3.63, 3.8) is 0 Å². The first kappa shape index (κ1) is 7.98. The summed E-state index contributed by atoms with van der Waals surface area (Å²) in [4.78, 5) is 2.20. The van der Waals surface area contributed by atoms with Crippen molar-refractivity contribution < 1.29 is 5.11 Å². The number of aliphatic hydroxyl groups excluding tert-OH is 1. The van der Waals surface area contributed by atoms with Gasteiger partial charge in [-0.05, 0) is 19.9 Å². The zero-order valence-corrected chi connectivity index (χ0v) is 6.45. The normalized spacial score (nSPS) is 30.9. The van der Waals surface area contributed by atoms with Gasteiger partial charge in [-0.15, -0.1) is 0 Å². The van der Waals surface area contributed by atoms with Crippen molar-refractivity contribution in [2.24, 2.45) is 5.73 Å². The van der Waals surface area contributed by atoms with E-state index >= 15 is 0 Å². The Labute approximate surface area is 61.8 Å². The predicted molar refractivity (Wildman–Crippen MR) is 40.7 cm³/mol. The van der Waals surface area contributed by atoms with Crippen molar-refractivity contribution in [2.75, 3.05) is 19.6 Å². The van der Waals surface area contributed by atoms with Crippen LogP contribution in [0.4, 0.5) is 0 Å². The Morgan fingerprint density at radius 2 is 2.50 bits per heavy atom. The maximum absolute atomic E-state index is 9.02. The van der Waals surface area contributed by atoms with Gasteiger partial charge in [-0.1, -0.05) is 0 Å². The fourth-order valence-electron chi connectivity index (χ4n) is 1.40. The van der Waals surface area contributed by atoms with Crippen LogP contribution < -0.4 is 5.73 Å². The van der Waals surface area contributed by atoms with Crippen molar-refractivity contribution >= 4 is 0 Å². The quantitative estimate of drug-likeness (QED) is 0.544. The van der Waals surface area contributed by atoms with Gasteiger partial charge in [0.15, 0.2) is 0 Å². The molecule has 1 heterocycles. The van der Waals surface area contributed by atoms with Crippen LogP contribution in [0.3, 0.4) is 0 Å². The van der Waals surface area contributed by atoms with Gasteiger partial charge in [0.1, 0.15) is 0 Å². The molecule has 0 aromatic carbocycles. The van der Waals surface area contributed by atoms with Gasteiger partial charge in [0.25, 0.3) is 0 Å². The topological polar surface area (TPSA) is 49.5 Å². The Kier molecular flexibility index (Phi) is 2.65. The van der Waals surface area contributed by atoms with Crippen molar-refractivity contribution in [2.45, 2.75) is 25.5 Å². The van der Waals surface area contributed by atoms with Crippen LogP contribution in [0.25, 0.3) is 0 Å². The molecule has 2 atom stereocenters. The lowest BCUT2D eigenvalue weighted by atomic mass is 10.3. The number of β-amino-alcohol motifs (C(OH)–C–C–N with tert-alkyl or cyclic N) is 1. The van der Waals surface area contributed by atoms with Gasteiger partial charge in [-0.25, -0.2) is 0 Å². The lowest BCUT2D eigenvalue weighted by Crippen LogP contribution is -2.31. The van der Waals surface area contributed by atoms with Gasteiger partial charge >= 0.3 is 0 Å². The van der Waals surface area contributed by atoms with E-state index in [0.717, 1.165) is 26.1 Å². The third kappa shape index (κ3) is 2.25. The highest BCUT2D eigenvalue weighted by atomic mass is 16.3. The van der Waals surface area contributed by atoms with Crippen molar-refractivity contribution in [1.29, 1.82) is 0 Å². The molecule has 1 aliphatic rings. The molecule has 3 nitrogen and oxygen atoms in total. The molecule has 10 heavy (non-hydrogen) atoms. The highest BCUT2D eigenvalue weighted by molar-refractivity contribution is 4.78. The van der Waals surface area contributed by atoms with Gasteiger partial charge in [-0.3, -0.25) is 4.90 Å². The molecule has 60 valence electrons. The summed E-state index contributed by atoms with van der Waals surface area (Å²) in [5.74, 6) is 0. The molecule has 3 heteroatoms. The van der Waals surface area contributed by atoms with E-state index in [4.69, 9.17) is 10.8 Å². The summed E-state index contributed by atoms with van der Waals surface area (Å²) in [5, 5.41) is 9.02. The Bertz CT molecular complexity index is 106. The number of nitrogens with zero attached hydrogens (tertiary/aromatic N) is 1. The highest BCUT2D eigenvalue weighted by Crippen LogP contribution is 2.06. The standard InChI is InChI=1S/C7H16N2O/c1-6(10)4-9-3-2-7(8)5-9/h6-7,10H,2-5,8H2,1H3/t6?,7-/m0/s1. The summed E-state index contributed by atoms with van der Waals surface area (Å²) in [5.41, 5.74) is 5.68. The Balaban J connectivity index is 2.18. The van der Waals surface area contributed by atoms with Gasteiger partial charge in [-0.2, -0.15) is 0 Å². The lowest BCUT2D eigenvalue weighted by molar-refractivity contribution is 0.140. The first-order valence-electron chi connectivity index (χ1n) is 3.84. The van der Waals surface area contributed by atoms with Crippen LogP contribution >= 0.6 is 0 Å². The molecule has 1 aliphatic heterocycles. The van der Waals surface area contributed by atoms with Crippen molar-refractivity contribution in [1.82, 2.24) is 4.90 Å². The minimum atomic E-state index is -0.217. The molecule has 0 bridgehead atoms. The average Bonchev–Trinajstić information content (AvgIpc) is 2.13. The van der Waals surface area contributed by atoms with Gasteiger partial charge in [0.2, 0.25) is 0 Å². The first-order chi connectivity index (χ1) is 4.68. The van der Waals surface area contributed by atoms with Gasteiger partial charge in [0, 0.05) is 19.1 Å². The summed E-state index contributed by atoms with van der Waals surface area (Å²) >= 11 is 0. The molecule has 0 aliphatic carbocycles. The second kappa shape index (κ2) is 3.32. The van der Waals surface area contributed by atoms with Crippen LogP contribution in [0.1, 0.15) is 13.3 Å². The molecule has 3 N–H and O–H groups in total. The molecule has 0 aromatic rings. The predicted octanol–water partition coefficient (Wildman–Crippen LogP) is -0.600. The summed E-state index contributed by atoms with van der Waals surface area (Å²) < 4.78 is 0. The highest BCUT2D eigenvalue weighted by Gasteiger charge is 2.19. The van der Waals surface area contributed by atoms with E-state index in [1.165, 1.54) is 0 Å².